The molecule has 2 fully saturated rings. The lowest BCUT2D eigenvalue weighted by Gasteiger charge is -2.35. The monoisotopic (exact) mass is 418 g/mol. The second-order valence-corrected chi connectivity index (χ2v) is 8.97. The van der Waals surface area contributed by atoms with Crippen LogP contribution in [0.2, 0.25) is 0 Å². The fourth-order valence-electron chi connectivity index (χ4n) is 5.08. The number of hydrogen-bond acceptors (Lipinski definition) is 5. The van der Waals surface area contributed by atoms with Crippen LogP contribution in [0.25, 0.3) is 0 Å². The third-order valence-corrected chi connectivity index (χ3v) is 7.17. The highest BCUT2D eigenvalue weighted by atomic mass is 16.2. The van der Waals surface area contributed by atoms with Crippen LogP contribution in [0.1, 0.15) is 38.2 Å². The summed E-state index contributed by atoms with van der Waals surface area (Å²) in [6.07, 6.45) is 8.76. The van der Waals surface area contributed by atoms with Gasteiger partial charge in [-0.3, -0.25) is 19.5 Å². The molecule has 1 saturated heterocycles. The van der Waals surface area contributed by atoms with Crippen LogP contribution >= 0.6 is 0 Å². The molecule has 1 saturated carbocycles. The molecule has 2 heterocycles. The van der Waals surface area contributed by atoms with Crippen molar-refractivity contribution in [2.75, 3.05) is 20.1 Å². The number of aliphatic imine (C=N–C) groups is 1. The average molecular weight is 419 g/mol. The second-order valence-electron chi connectivity index (χ2n) is 8.97. The Hall–Kier alpha value is -2.73. The first-order valence-electron chi connectivity index (χ1n) is 11.4. The molecule has 6 heteroatoms. The number of amidine groups is 1. The van der Waals surface area contributed by atoms with E-state index in [-0.39, 0.29) is 23.9 Å². The maximum absolute atomic E-state index is 13.1. The number of rotatable bonds is 7. The molecule has 0 radical (unpaired) electrons. The van der Waals surface area contributed by atoms with E-state index in [0.717, 1.165) is 30.9 Å². The quantitative estimate of drug-likeness (QED) is 0.639. The van der Waals surface area contributed by atoms with Crippen molar-refractivity contribution in [3.05, 3.63) is 59.2 Å². The summed E-state index contributed by atoms with van der Waals surface area (Å²) in [4.78, 5) is 37.2. The molecule has 0 N–H and O–H groups in total. The number of likely N-dealkylation sites (N-methyl/N-ethyl adjacent to an activating group) is 1. The molecule has 162 valence electrons. The average Bonchev–Trinajstić information content (AvgIpc) is 3.20. The van der Waals surface area contributed by atoms with Gasteiger partial charge in [-0.15, -0.1) is 0 Å². The highest BCUT2D eigenvalue weighted by molar-refractivity contribution is 6.25. The summed E-state index contributed by atoms with van der Waals surface area (Å²) in [5, 5.41) is 0. The highest BCUT2D eigenvalue weighted by Gasteiger charge is 2.45. The van der Waals surface area contributed by atoms with Crippen LogP contribution in [-0.4, -0.2) is 70.6 Å². The van der Waals surface area contributed by atoms with Crippen molar-refractivity contribution in [3.63, 3.8) is 0 Å². The van der Waals surface area contributed by atoms with Crippen LogP contribution < -0.4 is 0 Å². The van der Waals surface area contributed by atoms with Gasteiger partial charge in [0.25, 0.3) is 11.8 Å². The topological polar surface area (TPSA) is 56.2 Å². The lowest BCUT2D eigenvalue weighted by Crippen LogP contribution is -2.42. The maximum atomic E-state index is 13.1. The predicted molar refractivity (Wildman–Crippen MR) is 120 cm³/mol. The number of nitrogens with zero attached hydrogens (tertiary/aromatic N) is 4. The van der Waals surface area contributed by atoms with E-state index >= 15 is 0 Å². The number of hydrogen-bond donors (Lipinski definition) is 0. The third-order valence-electron chi connectivity index (χ3n) is 7.17. The normalized spacial score (nSPS) is 25.3. The Labute approximate surface area is 183 Å². The minimum Gasteiger partial charge on any atom is -0.352 e. The van der Waals surface area contributed by atoms with Gasteiger partial charge in [0, 0.05) is 25.6 Å². The van der Waals surface area contributed by atoms with Crippen molar-refractivity contribution in [2.45, 2.75) is 57.3 Å². The Morgan fingerprint density at radius 3 is 2.42 bits per heavy atom. The van der Waals surface area contributed by atoms with E-state index in [9.17, 15) is 9.59 Å². The first-order chi connectivity index (χ1) is 15.1. The van der Waals surface area contributed by atoms with E-state index in [2.05, 4.69) is 23.8 Å². The van der Waals surface area contributed by atoms with Crippen LogP contribution in [0.5, 0.6) is 0 Å². The van der Waals surface area contributed by atoms with Crippen molar-refractivity contribution in [2.24, 2.45) is 4.99 Å². The van der Waals surface area contributed by atoms with Gasteiger partial charge in [-0.05, 0) is 44.5 Å². The molecule has 1 aromatic carbocycles. The van der Waals surface area contributed by atoms with Crippen molar-refractivity contribution in [1.29, 1.82) is 0 Å². The highest BCUT2D eigenvalue weighted by Crippen LogP contribution is 2.36. The van der Waals surface area contributed by atoms with Gasteiger partial charge in [-0.2, -0.15) is 0 Å². The van der Waals surface area contributed by atoms with Gasteiger partial charge < -0.3 is 9.80 Å². The molecule has 6 nitrogen and oxygen atoms in total. The van der Waals surface area contributed by atoms with E-state index in [0.29, 0.717) is 23.7 Å². The molecule has 0 bridgehead atoms. The number of carbonyl (C=O) groups is 2. The summed E-state index contributed by atoms with van der Waals surface area (Å²) in [5.41, 5.74) is 2.02. The molecule has 0 aromatic heterocycles. The largest absolute Gasteiger partial charge is 0.352 e. The lowest BCUT2D eigenvalue weighted by molar-refractivity contribution is -0.137. The smallest absolute Gasteiger partial charge is 0.261 e. The van der Waals surface area contributed by atoms with Crippen LogP contribution in [0.15, 0.2) is 58.6 Å². The van der Waals surface area contributed by atoms with Crippen LogP contribution in [-0.2, 0) is 16.1 Å². The summed E-state index contributed by atoms with van der Waals surface area (Å²) < 4.78 is 0. The van der Waals surface area contributed by atoms with Crippen molar-refractivity contribution in [3.8, 4) is 0 Å². The van der Waals surface area contributed by atoms with Crippen LogP contribution in [0, 0.1) is 0 Å². The van der Waals surface area contributed by atoms with Gasteiger partial charge in [0.15, 0.2) is 0 Å². The summed E-state index contributed by atoms with van der Waals surface area (Å²) in [6, 6.07) is 10.3. The first-order valence-corrected chi connectivity index (χ1v) is 11.4. The van der Waals surface area contributed by atoms with E-state index in [1.165, 1.54) is 24.2 Å². The van der Waals surface area contributed by atoms with Crippen molar-refractivity contribution in [1.82, 2.24) is 14.7 Å². The number of likely N-dealkylation sites (tertiary alicyclic amines) is 1. The van der Waals surface area contributed by atoms with E-state index in [1.54, 1.807) is 0 Å². The molecular weight excluding hydrogens is 388 g/mol. The Morgan fingerprint density at radius 2 is 1.77 bits per heavy atom. The number of amides is 2. The molecule has 31 heavy (non-hydrogen) atoms. The third kappa shape index (κ3) is 3.53. The van der Waals surface area contributed by atoms with Gasteiger partial charge in [0.1, 0.15) is 5.84 Å². The van der Waals surface area contributed by atoms with Gasteiger partial charge >= 0.3 is 0 Å². The van der Waals surface area contributed by atoms with Gasteiger partial charge in [-0.25, -0.2) is 0 Å². The summed E-state index contributed by atoms with van der Waals surface area (Å²) >= 11 is 0. The van der Waals surface area contributed by atoms with Crippen LogP contribution in [0.3, 0.4) is 0 Å². The molecule has 4 aliphatic rings. The molecule has 2 atom stereocenters. The fraction of sp³-hybridized carbons (Fsp3) is 0.480. The Bertz CT molecular complexity index is 976. The van der Waals surface area contributed by atoms with E-state index in [4.69, 9.17) is 4.99 Å². The maximum Gasteiger partial charge on any atom is 0.261 e. The number of carbonyl (C=O) groups excluding carboxylic acids is 2. The number of imide groups is 1. The van der Waals surface area contributed by atoms with E-state index in [1.807, 2.05) is 42.5 Å². The van der Waals surface area contributed by atoms with Gasteiger partial charge in [-0.1, -0.05) is 36.8 Å². The Balaban J connectivity index is 1.34. The summed E-state index contributed by atoms with van der Waals surface area (Å²) in [7, 11) is 2.20. The lowest BCUT2D eigenvalue weighted by atomic mass is 9.92. The zero-order valence-electron chi connectivity index (χ0n) is 18.3. The predicted octanol–water partition coefficient (Wildman–Crippen LogP) is 2.77. The molecule has 0 spiro atoms. The number of benzene rings is 1. The molecule has 2 aliphatic carbocycles. The van der Waals surface area contributed by atoms with Crippen molar-refractivity contribution < 1.29 is 9.59 Å². The second kappa shape index (κ2) is 8.08. The summed E-state index contributed by atoms with van der Waals surface area (Å²) in [6.45, 7) is 4.28. The van der Waals surface area contributed by atoms with Crippen LogP contribution in [0.4, 0.5) is 0 Å². The molecule has 2 amide bonds. The molecule has 2 unspecified atom stereocenters. The van der Waals surface area contributed by atoms with Gasteiger partial charge in [0.2, 0.25) is 0 Å². The first kappa shape index (κ1) is 20.2. The molecule has 5 rings (SSSR count). The standard InChI is InChI=1S/C25H30N4O2/c1-3-28-22-15-20-19(24(30)29(25(20)31)16-17-8-5-4-6-9-17)14-21(22)26-23(28)12-13-27(2)18-10-7-11-18/h4-6,8-9,14-15,18,21-22H,3,7,10-13,16H2,1-2H3. The zero-order valence-corrected chi connectivity index (χ0v) is 18.3. The molecular formula is C25H30N4O2. The number of fused-ring (bicyclic) bond motifs is 2. The Kier molecular flexibility index (Phi) is 5.26. The minimum absolute atomic E-state index is 0.0289. The molecule has 1 aromatic rings. The SMILES string of the molecule is CCN1C(CCN(C)C2CCC2)=NC2C=C3C(=O)N(Cc4ccccc4)C(=O)C3=CC21. The Morgan fingerprint density at radius 1 is 1.06 bits per heavy atom. The fourth-order valence-corrected chi connectivity index (χ4v) is 5.08. The van der Waals surface area contributed by atoms with E-state index < -0.39 is 0 Å². The van der Waals surface area contributed by atoms with Gasteiger partial charge in [0.05, 0.1) is 29.8 Å². The zero-order chi connectivity index (χ0) is 21.5. The molecule has 2 aliphatic heterocycles. The summed E-state index contributed by atoms with van der Waals surface area (Å²) in [5.74, 6) is 0.709. The minimum atomic E-state index is -0.199. The van der Waals surface area contributed by atoms with Crippen molar-refractivity contribution >= 4 is 17.6 Å².